The molecule has 0 spiro atoms. The molecule has 0 unspecified atom stereocenters. The van der Waals surface area contributed by atoms with E-state index in [2.05, 4.69) is 0 Å². The van der Waals surface area contributed by atoms with Gasteiger partial charge in [0.2, 0.25) is 11.7 Å². The zero-order chi connectivity index (χ0) is 21.7. The topological polar surface area (TPSA) is 137 Å². The summed E-state index contributed by atoms with van der Waals surface area (Å²) in [6, 6.07) is -1.00. The van der Waals surface area contributed by atoms with E-state index in [-0.39, 0.29) is 5.92 Å². The molecule has 152 valence electrons. The summed E-state index contributed by atoms with van der Waals surface area (Å²) in [6.07, 6.45) is -1.80. The number of nitrogens with one attached hydrogen (secondary N) is 1. The Morgan fingerprint density at radius 3 is 2.64 bits per heavy atom. The lowest BCUT2D eigenvalue weighted by atomic mass is 9.59. The maximum Gasteiger partial charge on any atom is 0.330 e. The van der Waals surface area contributed by atoms with Crippen molar-refractivity contribution in [2.24, 2.45) is 11.7 Å². The number of ether oxygens (including phenoxy) is 2. The number of hydrogen-bond donors (Lipinski definition) is 3. The van der Waals surface area contributed by atoms with Gasteiger partial charge in [-0.1, -0.05) is 13.8 Å². The highest BCUT2D eigenvalue weighted by atomic mass is 19.2. The molecule has 1 aliphatic rings. The van der Waals surface area contributed by atoms with E-state index in [0.29, 0.717) is 10.8 Å². The zero-order valence-corrected chi connectivity index (χ0v) is 16.3. The van der Waals surface area contributed by atoms with E-state index in [1.165, 1.54) is 15.7 Å². The highest BCUT2D eigenvalue weighted by Crippen LogP contribution is 2.45. The summed E-state index contributed by atoms with van der Waals surface area (Å²) in [4.78, 5) is 37.2. The normalized spacial score (nSPS) is 29.0. The number of H-pyrrole nitrogens is 1. The third-order valence-corrected chi connectivity index (χ3v) is 5.06. The van der Waals surface area contributed by atoms with Crippen molar-refractivity contribution in [1.82, 2.24) is 9.55 Å². The standard InChI is InChI=1S/C14H22B3F2N3O6/c1-5(2)8(20)10(25)27-14(16,17)12(19)3-7(23)13(15,28-12)22-4-6(18)9(24)21-11(22)26/h4-5,7-8,23H,3,15-17,20H2,1-2H3,(H,21,24,26)/t7-,8+,12+,13+/m1/s1. The Hall–Kier alpha value is -1.92. The minimum Gasteiger partial charge on any atom is -0.471 e. The molecule has 0 aliphatic carbocycles. The first-order valence-corrected chi connectivity index (χ1v) is 8.72. The first-order valence-electron chi connectivity index (χ1n) is 8.72. The fourth-order valence-corrected chi connectivity index (χ4v) is 2.90. The van der Waals surface area contributed by atoms with E-state index in [1.807, 2.05) is 0 Å². The molecular formula is C14H22B3F2N3O6. The van der Waals surface area contributed by atoms with Crippen molar-refractivity contribution < 1.29 is 28.2 Å². The third-order valence-electron chi connectivity index (χ3n) is 5.06. The van der Waals surface area contributed by atoms with Gasteiger partial charge < -0.3 is 20.3 Å². The molecule has 14 heteroatoms. The van der Waals surface area contributed by atoms with Gasteiger partial charge in [-0.15, -0.1) is 0 Å². The molecule has 2 heterocycles. The van der Waals surface area contributed by atoms with Gasteiger partial charge in [-0.25, -0.2) is 9.18 Å². The number of aromatic amines is 1. The van der Waals surface area contributed by atoms with Crippen molar-refractivity contribution in [2.45, 2.75) is 49.3 Å². The number of alkyl halides is 1. The zero-order valence-electron chi connectivity index (χ0n) is 16.3. The molecule has 1 aromatic heterocycles. The van der Waals surface area contributed by atoms with Gasteiger partial charge in [0, 0.05) is 6.42 Å². The molecule has 0 aromatic carbocycles. The summed E-state index contributed by atoms with van der Waals surface area (Å²) >= 11 is 0. The van der Waals surface area contributed by atoms with Crippen molar-refractivity contribution in [2.75, 3.05) is 0 Å². The molecule has 0 amide bonds. The van der Waals surface area contributed by atoms with Crippen LogP contribution < -0.4 is 17.0 Å². The molecule has 1 saturated heterocycles. The fourth-order valence-electron chi connectivity index (χ4n) is 2.90. The van der Waals surface area contributed by atoms with Gasteiger partial charge in [0.05, 0.1) is 17.7 Å². The molecule has 4 N–H and O–H groups in total. The lowest BCUT2D eigenvalue weighted by Crippen LogP contribution is -2.59. The number of aromatic nitrogens is 2. The average molecular weight is 399 g/mol. The summed E-state index contributed by atoms with van der Waals surface area (Å²) in [5.41, 5.74) is 1.29. The van der Waals surface area contributed by atoms with Gasteiger partial charge in [0.15, 0.2) is 23.5 Å². The maximum atomic E-state index is 15.7. The number of esters is 1. The lowest BCUT2D eigenvalue weighted by molar-refractivity contribution is -0.232. The van der Waals surface area contributed by atoms with Gasteiger partial charge in [-0.2, -0.15) is 4.39 Å². The lowest BCUT2D eigenvalue weighted by Gasteiger charge is -2.39. The second-order valence-corrected chi connectivity index (χ2v) is 7.91. The Labute approximate surface area is 161 Å². The van der Waals surface area contributed by atoms with Crippen LogP contribution in [0.4, 0.5) is 8.78 Å². The molecule has 1 fully saturated rings. The van der Waals surface area contributed by atoms with Crippen molar-refractivity contribution in [3.63, 3.8) is 0 Å². The van der Waals surface area contributed by atoms with Gasteiger partial charge >= 0.3 is 11.7 Å². The number of nitrogens with zero attached hydrogens (tertiary/aromatic N) is 1. The second kappa shape index (κ2) is 7.16. The van der Waals surface area contributed by atoms with Crippen LogP contribution in [0.1, 0.15) is 20.3 Å². The van der Waals surface area contributed by atoms with Gasteiger partial charge in [0.1, 0.15) is 11.7 Å². The van der Waals surface area contributed by atoms with Crippen LogP contribution in [0, 0.1) is 11.7 Å². The number of carbonyl (C=O) groups is 1. The summed E-state index contributed by atoms with van der Waals surface area (Å²) in [7, 11) is 3.61. The van der Waals surface area contributed by atoms with Gasteiger partial charge in [-0.3, -0.25) is 19.1 Å². The highest BCUT2D eigenvalue weighted by Gasteiger charge is 2.62. The molecule has 0 radical (unpaired) electrons. The Morgan fingerprint density at radius 1 is 1.54 bits per heavy atom. The van der Waals surface area contributed by atoms with E-state index in [4.69, 9.17) is 15.2 Å². The number of rotatable bonds is 5. The largest absolute Gasteiger partial charge is 0.471 e. The van der Waals surface area contributed by atoms with Crippen LogP contribution >= 0.6 is 0 Å². The fraction of sp³-hybridized carbons (Fsp3) is 0.643. The summed E-state index contributed by atoms with van der Waals surface area (Å²) in [5.74, 6) is -5.18. The molecule has 4 atom stereocenters. The van der Waals surface area contributed by atoms with Gasteiger partial charge in [0.25, 0.3) is 5.56 Å². The molecule has 1 aromatic rings. The molecule has 0 saturated carbocycles. The van der Waals surface area contributed by atoms with E-state index in [0.717, 1.165) is 7.85 Å². The average Bonchev–Trinajstić information content (AvgIpc) is 2.81. The van der Waals surface area contributed by atoms with Crippen LogP contribution in [0.3, 0.4) is 0 Å². The van der Waals surface area contributed by atoms with E-state index < -0.39 is 58.5 Å². The maximum absolute atomic E-state index is 15.7. The summed E-state index contributed by atoms with van der Waals surface area (Å²) < 4.78 is 40.4. The molecular weight excluding hydrogens is 377 g/mol. The number of halogens is 2. The number of hydrogen-bond acceptors (Lipinski definition) is 7. The van der Waals surface area contributed by atoms with Gasteiger partial charge in [-0.05, 0) is 5.92 Å². The van der Waals surface area contributed by atoms with E-state index >= 15 is 4.39 Å². The van der Waals surface area contributed by atoms with Crippen molar-refractivity contribution in [3.05, 3.63) is 32.9 Å². The van der Waals surface area contributed by atoms with Crippen LogP contribution in [0.2, 0.25) is 0 Å². The van der Waals surface area contributed by atoms with Crippen LogP contribution in [0.5, 0.6) is 0 Å². The minimum atomic E-state index is -2.74. The molecule has 0 bridgehead atoms. The SMILES string of the molecule is BC(B)(OC(=O)[C@@H](N)C(C)C)[C@]1(F)C[C@@H](O)[C@](B)(n2cc(F)c(=O)[nH]c2=O)O1. The monoisotopic (exact) mass is 399 g/mol. The second-order valence-electron chi connectivity index (χ2n) is 7.91. The van der Waals surface area contributed by atoms with Crippen LogP contribution in [0.25, 0.3) is 0 Å². The number of nitrogens with two attached hydrogens (primary N) is 1. The molecule has 2 rings (SSSR count). The number of aliphatic hydroxyl groups excluding tert-OH is 1. The Balaban J connectivity index is 2.39. The Bertz CT molecular complexity index is 894. The third kappa shape index (κ3) is 3.68. The molecule has 28 heavy (non-hydrogen) atoms. The van der Waals surface area contributed by atoms with E-state index in [1.54, 1.807) is 18.8 Å². The molecule has 9 nitrogen and oxygen atoms in total. The minimum absolute atomic E-state index is 0.262. The predicted molar refractivity (Wildman–Crippen MR) is 102 cm³/mol. The predicted octanol–water partition coefficient (Wildman–Crippen LogP) is -4.19. The molecule has 1 aliphatic heterocycles. The number of carbonyl (C=O) groups excluding carboxylic acids is 1. The number of aliphatic hydroxyl groups is 1. The van der Waals surface area contributed by atoms with Crippen LogP contribution in [-0.4, -0.2) is 67.6 Å². The van der Waals surface area contributed by atoms with E-state index in [9.17, 15) is 23.9 Å². The summed E-state index contributed by atoms with van der Waals surface area (Å²) in [5, 5.41) is 8.51. The van der Waals surface area contributed by atoms with Crippen molar-refractivity contribution in [3.8, 4) is 0 Å². The Morgan fingerprint density at radius 2 is 2.11 bits per heavy atom. The Kier molecular flexibility index (Phi) is 5.72. The quantitative estimate of drug-likeness (QED) is 0.338. The van der Waals surface area contributed by atoms with Crippen LogP contribution in [-0.2, 0) is 19.9 Å². The first kappa shape index (κ1) is 22.4. The van der Waals surface area contributed by atoms with Crippen molar-refractivity contribution >= 4 is 29.5 Å². The summed E-state index contributed by atoms with van der Waals surface area (Å²) in [6.45, 7) is 3.38. The highest BCUT2D eigenvalue weighted by molar-refractivity contribution is 6.40. The van der Waals surface area contributed by atoms with Crippen molar-refractivity contribution in [1.29, 1.82) is 0 Å². The first-order chi connectivity index (χ1) is 12.6. The van der Waals surface area contributed by atoms with Crippen LogP contribution in [0.15, 0.2) is 15.8 Å². The smallest absolute Gasteiger partial charge is 0.330 e.